The van der Waals surface area contributed by atoms with E-state index in [1.807, 2.05) is 24.3 Å². The van der Waals surface area contributed by atoms with E-state index < -0.39 is 0 Å². The molecule has 0 radical (unpaired) electrons. The third kappa shape index (κ3) is 4.42. The lowest BCUT2D eigenvalue weighted by atomic mass is 10.1. The van der Waals surface area contributed by atoms with Gasteiger partial charge in [-0.15, -0.1) is 0 Å². The van der Waals surface area contributed by atoms with Crippen LogP contribution in [0.5, 0.6) is 0 Å². The first-order chi connectivity index (χ1) is 7.74. The molecule has 0 aliphatic carbocycles. The Balaban J connectivity index is 2.36. The normalized spacial score (nSPS) is 10.3. The number of ether oxygens (including phenoxy) is 2. The minimum Gasteiger partial charge on any atom is -0.385 e. The van der Waals surface area contributed by atoms with E-state index in [0.29, 0.717) is 19.8 Å². The van der Waals surface area contributed by atoms with Crippen molar-refractivity contribution in [3.63, 3.8) is 0 Å². The molecule has 3 N–H and O–H groups in total. The van der Waals surface area contributed by atoms with Gasteiger partial charge in [0, 0.05) is 25.9 Å². The lowest BCUT2D eigenvalue weighted by molar-refractivity contribution is 0.0928. The molecule has 0 amide bonds. The summed E-state index contributed by atoms with van der Waals surface area (Å²) in [5.41, 5.74) is 7.17. The predicted octanol–water partition coefficient (Wildman–Crippen LogP) is 1.52. The van der Waals surface area contributed by atoms with E-state index in [9.17, 15) is 0 Å². The smallest absolute Gasteiger partial charge is 0.122 e. The molecular formula is C12H18N2O2. The van der Waals surface area contributed by atoms with Gasteiger partial charge in [-0.3, -0.25) is 5.41 Å². The van der Waals surface area contributed by atoms with Gasteiger partial charge < -0.3 is 15.2 Å². The average molecular weight is 222 g/mol. The molecule has 0 heterocycles. The first kappa shape index (κ1) is 12.7. The molecule has 0 bridgehead atoms. The van der Waals surface area contributed by atoms with Crippen LogP contribution in [0.15, 0.2) is 24.3 Å². The van der Waals surface area contributed by atoms with Crippen LogP contribution in [0.1, 0.15) is 17.5 Å². The molecule has 0 spiro atoms. The van der Waals surface area contributed by atoms with Crippen molar-refractivity contribution >= 4 is 5.84 Å². The van der Waals surface area contributed by atoms with Gasteiger partial charge in [0.1, 0.15) is 5.84 Å². The van der Waals surface area contributed by atoms with Gasteiger partial charge in [-0.1, -0.05) is 18.2 Å². The second kappa shape index (κ2) is 6.98. The third-order valence-corrected chi connectivity index (χ3v) is 2.14. The van der Waals surface area contributed by atoms with E-state index in [2.05, 4.69) is 0 Å². The van der Waals surface area contributed by atoms with Crippen LogP contribution in [0.3, 0.4) is 0 Å². The van der Waals surface area contributed by atoms with Crippen molar-refractivity contribution in [2.24, 2.45) is 5.73 Å². The molecule has 88 valence electrons. The van der Waals surface area contributed by atoms with Crippen molar-refractivity contribution in [1.82, 2.24) is 0 Å². The molecule has 0 aromatic heterocycles. The number of nitrogens with two attached hydrogens (primary N) is 1. The summed E-state index contributed by atoms with van der Waals surface area (Å²) in [6.07, 6.45) is 0.892. The van der Waals surface area contributed by atoms with E-state index in [-0.39, 0.29) is 5.84 Å². The van der Waals surface area contributed by atoms with Gasteiger partial charge in [-0.05, 0) is 18.1 Å². The van der Waals surface area contributed by atoms with Crippen LogP contribution in [0, 0.1) is 5.41 Å². The van der Waals surface area contributed by atoms with Gasteiger partial charge in [0.05, 0.1) is 6.61 Å². The van der Waals surface area contributed by atoms with E-state index in [0.717, 1.165) is 17.5 Å². The van der Waals surface area contributed by atoms with Crippen LogP contribution < -0.4 is 5.73 Å². The molecule has 0 aliphatic rings. The fourth-order valence-electron chi connectivity index (χ4n) is 1.32. The van der Waals surface area contributed by atoms with Gasteiger partial charge >= 0.3 is 0 Å². The Morgan fingerprint density at radius 1 is 1.38 bits per heavy atom. The molecule has 0 atom stereocenters. The first-order valence-electron chi connectivity index (χ1n) is 5.24. The number of amidine groups is 1. The van der Waals surface area contributed by atoms with Crippen LogP contribution in [0.4, 0.5) is 0 Å². The topological polar surface area (TPSA) is 68.3 Å². The number of nitrogens with one attached hydrogen (secondary N) is 1. The molecule has 0 aliphatic heterocycles. The molecular weight excluding hydrogens is 204 g/mol. The van der Waals surface area contributed by atoms with Gasteiger partial charge in [0.2, 0.25) is 0 Å². The maximum absolute atomic E-state index is 7.32. The number of benzene rings is 1. The minimum absolute atomic E-state index is 0.0845. The van der Waals surface area contributed by atoms with E-state index in [4.69, 9.17) is 20.6 Å². The summed E-state index contributed by atoms with van der Waals surface area (Å²) >= 11 is 0. The second-order valence-electron chi connectivity index (χ2n) is 3.51. The highest BCUT2D eigenvalue weighted by Crippen LogP contribution is 2.06. The Kier molecular flexibility index (Phi) is 5.53. The van der Waals surface area contributed by atoms with Crippen molar-refractivity contribution in [3.8, 4) is 0 Å². The van der Waals surface area contributed by atoms with Gasteiger partial charge in [-0.25, -0.2) is 0 Å². The molecule has 0 unspecified atom stereocenters. The number of rotatable bonds is 7. The van der Waals surface area contributed by atoms with Gasteiger partial charge in [0.25, 0.3) is 0 Å². The zero-order chi connectivity index (χ0) is 11.8. The summed E-state index contributed by atoms with van der Waals surface area (Å²) in [7, 11) is 1.68. The second-order valence-corrected chi connectivity index (χ2v) is 3.51. The molecule has 4 heteroatoms. The quantitative estimate of drug-likeness (QED) is 0.417. The summed E-state index contributed by atoms with van der Waals surface area (Å²) in [5, 5.41) is 7.32. The highest BCUT2D eigenvalue weighted by Gasteiger charge is 1.98. The lowest BCUT2D eigenvalue weighted by Gasteiger charge is -2.05. The maximum atomic E-state index is 7.32. The molecule has 16 heavy (non-hydrogen) atoms. The molecule has 0 saturated carbocycles. The van der Waals surface area contributed by atoms with E-state index in [1.165, 1.54) is 0 Å². The summed E-state index contributed by atoms with van der Waals surface area (Å²) < 4.78 is 10.4. The monoisotopic (exact) mass is 222 g/mol. The number of hydrogen-bond acceptors (Lipinski definition) is 3. The molecule has 1 aromatic rings. The highest BCUT2D eigenvalue weighted by molar-refractivity contribution is 5.95. The Hall–Kier alpha value is -1.39. The van der Waals surface area contributed by atoms with Gasteiger partial charge in [-0.2, -0.15) is 0 Å². The zero-order valence-corrected chi connectivity index (χ0v) is 9.53. The highest BCUT2D eigenvalue weighted by atomic mass is 16.5. The van der Waals surface area contributed by atoms with Crippen LogP contribution in [-0.2, 0) is 16.1 Å². The third-order valence-electron chi connectivity index (χ3n) is 2.14. The summed E-state index contributed by atoms with van der Waals surface area (Å²) in [6, 6.07) is 7.53. The Morgan fingerprint density at radius 2 is 2.19 bits per heavy atom. The fraction of sp³-hybridized carbons (Fsp3) is 0.417. The lowest BCUT2D eigenvalue weighted by Crippen LogP contribution is -2.11. The number of hydrogen-bond donors (Lipinski definition) is 2. The Labute approximate surface area is 95.9 Å². The van der Waals surface area contributed by atoms with Crippen molar-refractivity contribution < 1.29 is 9.47 Å². The Morgan fingerprint density at radius 3 is 2.88 bits per heavy atom. The van der Waals surface area contributed by atoms with Crippen LogP contribution in [0.2, 0.25) is 0 Å². The Bertz CT molecular complexity index is 340. The zero-order valence-electron chi connectivity index (χ0n) is 9.53. The van der Waals surface area contributed by atoms with Crippen molar-refractivity contribution in [3.05, 3.63) is 35.4 Å². The largest absolute Gasteiger partial charge is 0.385 e. The summed E-state index contributed by atoms with van der Waals surface area (Å²) in [5.74, 6) is 0.0845. The van der Waals surface area contributed by atoms with Crippen LogP contribution in [-0.4, -0.2) is 26.2 Å². The first-order valence-corrected chi connectivity index (χ1v) is 5.24. The standard InChI is InChI=1S/C12H18N2O2/c1-15-6-3-7-16-9-10-4-2-5-11(8-10)12(13)14/h2,4-5,8H,3,6-7,9H2,1H3,(H3,13,14). The number of methoxy groups -OCH3 is 1. The van der Waals surface area contributed by atoms with E-state index >= 15 is 0 Å². The SMILES string of the molecule is COCCCOCc1cccc(C(=N)N)c1. The average Bonchev–Trinajstić information content (AvgIpc) is 2.29. The van der Waals surface area contributed by atoms with Crippen molar-refractivity contribution in [2.75, 3.05) is 20.3 Å². The van der Waals surface area contributed by atoms with Crippen LogP contribution >= 0.6 is 0 Å². The molecule has 0 fully saturated rings. The predicted molar refractivity (Wildman–Crippen MR) is 63.6 cm³/mol. The maximum Gasteiger partial charge on any atom is 0.122 e. The van der Waals surface area contributed by atoms with Crippen molar-refractivity contribution in [2.45, 2.75) is 13.0 Å². The van der Waals surface area contributed by atoms with Crippen LogP contribution in [0.25, 0.3) is 0 Å². The molecule has 0 saturated heterocycles. The fourth-order valence-corrected chi connectivity index (χ4v) is 1.32. The molecule has 1 aromatic carbocycles. The number of nitrogen functional groups attached to an aromatic ring is 1. The molecule has 1 rings (SSSR count). The minimum atomic E-state index is 0.0845. The molecule has 4 nitrogen and oxygen atoms in total. The van der Waals surface area contributed by atoms with Crippen molar-refractivity contribution in [1.29, 1.82) is 5.41 Å². The van der Waals surface area contributed by atoms with Gasteiger partial charge in [0.15, 0.2) is 0 Å². The van der Waals surface area contributed by atoms with E-state index in [1.54, 1.807) is 7.11 Å². The summed E-state index contributed by atoms with van der Waals surface area (Å²) in [6.45, 7) is 1.94. The summed E-state index contributed by atoms with van der Waals surface area (Å²) in [4.78, 5) is 0.